The Labute approximate surface area is 124 Å². The van der Waals surface area contributed by atoms with E-state index in [1.165, 1.54) is 24.8 Å². The molecule has 2 fully saturated rings. The molecule has 2 heterocycles. The number of carbonyl (C=O) groups excluding carboxylic acids is 1. The SMILES string of the molecule is CC(=O)OC[C@H]1OC2SC(CC3CC3)=NC2[C@@H](C)[C@@H]1C. The van der Waals surface area contributed by atoms with Crippen molar-refractivity contribution in [3.8, 4) is 0 Å². The van der Waals surface area contributed by atoms with Crippen molar-refractivity contribution in [2.45, 2.75) is 57.6 Å². The topological polar surface area (TPSA) is 47.9 Å². The molecule has 4 nitrogen and oxygen atoms in total. The Balaban J connectivity index is 1.62. The third kappa shape index (κ3) is 3.03. The molecule has 0 aromatic rings. The minimum atomic E-state index is -0.236. The number of fused-ring (bicyclic) bond motifs is 1. The lowest BCUT2D eigenvalue weighted by atomic mass is 9.83. The van der Waals surface area contributed by atoms with Crippen LogP contribution in [0, 0.1) is 17.8 Å². The Morgan fingerprint density at radius 1 is 1.40 bits per heavy atom. The summed E-state index contributed by atoms with van der Waals surface area (Å²) in [5, 5.41) is 1.27. The number of rotatable bonds is 4. The molecule has 1 saturated carbocycles. The Kier molecular flexibility index (Phi) is 4.09. The lowest BCUT2D eigenvalue weighted by Crippen LogP contribution is -2.47. The fourth-order valence-electron chi connectivity index (χ4n) is 2.94. The molecule has 0 N–H and O–H groups in total. The smallest absolute Gasteiger partial charge is 0.302 e. The first-order valence-corrected chi connectivity index (χ1v) is 8.44. The Bertz CT molecular complexity index is 421. The molecule has 112 valence electrons. The van der Waals surface area contributed by atoms with Gasteiger partial charge < -0.3 is 9.47 Å². The van der Waals surface area contributed by atoms with Crippen molar-refractivity contribution >= 4 is 22.8 Å². The maximum absolute atomic E-state index is 11.0. The van der Waals surface area contributed by atoms with Gasteiger partial charge in [-0.25, -0.2) is 0 Å². The molecule has 0 amide bonds. The van der Waals surface area contributed by atoms with E-state index in [1.807, 2.05) is 0 Å². The predicted molar refractivity (Wildman–Crippen MR) is 79.8 cm³/mol. The van der Waals surface area contributed by atoms with Crippen LogP contribution in [0.1, 0.15) is 40.0 Å². The second kappa shape index (κ2) is 5.68. The molecule has 2 aliphatic heterocycles. The van der Waals surface area contributed by atoms with E-state index in [0.717, 1.165) is 12.3 Å². The highest BCUT2D eigenvalue weighted by Crippen LogP contribution is 2.45. The molecule has 0 bridgehead atoms. The summed E-state index contributed by atoms with van der Waals surface area (Å²) < 4.78 is 11.3. The Morgan fingerprint density at radius 3 is 2.80 bits per heavy atom. The van der Waals surface area contributed by atoms with Crippen molar-refractivity contribution < 1.29 is 14.3 Å². The average molecular weight is 297 g/mol. The average Bonchev–Trinajstić information content (AvgIpc) is 3.10. The van der Waals surface area contributed by atoms with Crippen molar-refractivity contribution in [3.05, 3.63) is 0 Å². The zero-order chi connectivity index (χ0) is 14.3. The zero-order valence-corrected chi connectivity index (χ0v) is 13.2. The minimum absolute atomic E-state index is 0.00174. The van der Waals surface area contributed by atoms with Gasteiger partial charge in [0.1, 0.15) is 12.0 Å². The number of hydrogen-bond acceptors (Lipinski definition) is 5. The molecule has 0 aromatic carbocycles. The molecular weight excluding hydrogens is 274 g/mol. The molecule has 0 radical (unpaired) electrons. The number of ether oxygens (including phenoxy) is 2. The van der Waals surface area contributed by atoms with E-state index in [2.05, 4.69) is 13.8 Å². The fraction of sp³-hybridized carbons (Fsp3) is 0.867. The van der Waals surface area contributed by atoms with Crippen molar-refractivity contribution in [3.63, 3.8) is 0 Å². The first kappa shape index (κ1) is 14.4. The van der Waals surface area contributed by atoms with E-state index < -0.39 is 0 Å². The third-order valence-electron chi connectivity index (χ3n) is 4.70. The van der Waals surface area contributed by atoms with Gasteiger partial charge in [-0.3, -0.25) is 9.79 Å². The minimum Gasteiger partial charge on any atom is -0.463 e. The van der Waals surface area contributed by atoms with E-state index in [-0.39, 0.29) is 23.6 Å². The summed E-state index contributed by atoms with van der Waals surface area (Å²) in [7, 11) is 0. The summed E-state index contributed by atoms with van der Waals surface area (Å²) in [5.41, 5.74) is 0.121. The molecule has 5 heteroatoms. The van der Waals surface area contributed by atoms with Crippen LogP contribution in [0.2, 0.25) is 0 Å². The van der Waals surface area contributed by atoms with Gasteiger partial charge in [-0.2, -0.15) is 0 Å². The highest BCUT2D eigenvalue weighted by molar-refractivity contribution is 8.14. The summed E-state index contributed by atoms with van der Waals surface area (Å²) in [4.78, 5) is 15.9. The van der Waals surface area contributed by atoms with Crippen LogP contribution in [0.25, 0.3) is 0 Å². The zero-order valence-electron chi connectivity index (χ0n) is 12.4. The van der Waals surface area contributed by atoms with Gasteiger partial charge in [0.05, 0.1) is 17.2 Å². The van der Waals surface area contributed by atoms with Crippen LogP contribution in [-0.4, -0.2) is 35.2 Å². The van der Waals surface area contributed by atoms with E-state index in [1.54, 1.807) is 11.8 Å². The highest BCUT2D eigenvalue weighted by Gasteiger charge is 2.46. The van der Waals surface area contributed by atoms with Gasteiger partial charge in [0.15, 0.2) is 0 Å². The largest absolute Gasteiger partial charge is 0.463 e. The van der Waals surface area contributed by atoms with Gasteiger partial charge in [-0.15, -0.1) is 0 Å². The van der Waals surface area contributed by atoms with Crippen molar-refractivity contribution in [1.82, 2.24) is 0 Å². The van der Waals surface area contributed by atoms with E-state index in [0.29, 0.717) is 18.4 Å². The Hall–Kier alpha value is -0.550. The first-order chi connectivity index (χ1) is 9.54. The van der Waals surface area contributed by atoms with Gasteiger partial charge >= 0.3 is 5.97 Å². The lowest BCUT2D eigenvalue weighted by Gasteiger charge is -2.40. The number of thioether (sulfide) groups is 1. The molecule has 2 unspecified atom stereocenters. The van der Waals surface area contributed by atoms with E-state index in [9.17, 15) is 4.79 Å². The van der Waals surface area contributed by atoms with Crippen LogP contribution < -0.4 is 0 Å². The number of aliphatic imine (C=N–C) groups is 1. The molecule has 5 atom stereocenters. The summed E-state index contributed by atoms with van der Waals surface area (Å²) in [6, 6.07) is 0.275. The quantitative estimate of drug-likeness (QED) is 0.749. The molecule has 3 aliphatic rings. The number of esters is 1. The van der Waals surface area contributed by atoms with Crippen LogP contribution in [0.5, 0.6) is 0 Å². The van der Waals surface area contributed by atoms with Crippen LogP contribution in [-0.2, 0) is 14.3 Å². The molecule has 0 aromatic heterocycles. The monoisotopic (exact) mass is 297 g/mol. The number of hydrogen-bond donors (Lipinski definition) is 0. The van der Waals surface area contributed by atoms with Crippen molar-refractivity contribution in [2.24, 2.45) is 22.7 Å². The van der Waals surface area contributed by atoms with Gasteiger partial charge in [-0.1, -0.05) is 25.6 Å². The normalized spacial score (nSPS) is 40.1. The van der Waals surface area contributed by atoms with Crippen molar-refractivity contribution in [2.75, 3.05) is 6.61 Å². The summed E-state index contributed by atoms with van der Waals surface area (Å²) in [5.74, 6) is 1.46. The maximum Gasteiger partial charge on any atom is 0.302 e. The summed E-state index contributed by atoms with van der Waals surface area (Å²) in [6.45, 7) is 6.23. The van der Waals surface area contributed by atoms with E-state index in [4.69, 9.17) is 14.5 Å². The predicted octanol–water partition coefficient (Wildman–Crippen LogP) is 2.86. The molecule has 1 saturated heterocycles. The second-order valence-electron chi connectivity index (χ2n) is 6.34. The standard InChI is InChI=1S/C15H23NO3S/c1-8-9(2)14-15(19-12(8)7-18-10(3)17)20-13(16-14)6-11-4-5-11/h8-9,11-12,14-15H,4-7H2,1-3H3/t8-,9-,12+,14?,15?/m0/s1. The Morgan fingerprint density at radius 2 is 2.15 bits per heavy atom. The van der Waals surface area contributed by atoms with Crippen LogP contribution in [0.3, 0.4) is 0 Å². The molecule has 3 rings (SSSR count). The number of nitrogens with zero attached hydrogens (tertiary/aromatic N) is 1. The second-order valence-corrected chi connectivity index (χ2v) is 7.51. The number of carbonyl (C=O) groups is 1. The van der Waals surface area contributed by atoms with E-state index >= 15 is 0 Å². The molecule has 20 heavy (non-hydrogen) atoms. The van der Waals surface area contributed by atoms with Gasteiger partial charge in [0.25, 0.3) is 0 Å². The summed E-state index contributed by atoms with van der Waals surface area (Å²) in [6.07, 6.45) is 3.85. The maximum atomic E-state index is 11.0. The van der Waals surface area contributed by atoms with Crippen LogP contribution >= 0.6 is 11.8 Å². The third-order valence-corrected chi connectivity index (χ3v) is 5.87. The highest BCUT2D eigenvalue weighted by atomic mass is 32.2. The van der Waals surface area contributed by atoms with Crippen molar-refractivity contribution in [1.29, 1.82) is 0 Å². The molecular formula is C15H23NO3S. The molecule has 1 aliphatic carbocycles. The van der Waals surface area contributed by atoms with Gasteiger partial charge in [-0.05, 0) is 37.0 Å². The van der Waals surface area contributed by atoms with Gasteiger partial charge in [0, 0.05) is 6.92 Å². The first-order valence-electron chi connectivity index (χ1n) is 7.56. The van der Waals surface area contributed by atoms with Crippen LogP contribution in [0.4, 0.5) is 0 Å². The molecule has 0 spiro atoms. The summed E-state index contributed by atoms with van der Waals surface area (Å²) >= 11 is 1.79. The van der Waals surface area contributed by atoms with Crippen LogP contribution in [0.15, 0.2) is 4.99 Å². The van der Waals surface area contributed by atoms with Gasteiger partial charge in [0.2, 0.25) is 0 Å². The lowest BCUT2D eigenvalue weighted by molar-refractivity contribution is -0.152. The fourth-order valence-corrected chi connectivity index (χ4v) is 4.37.